The van der Waals surface area contributed by atoms with E-state index in [0.717, 1.165) is 42.6 Å². The van der Waals surface area contributed by atoms with Gasteiger partial charge < -0.3 is 0 Å². The summed E-state index contributed by atoms with van der Waals surface area (Å²) in [6.07, 6.45) is 19.0. The van der Waals surface area contributed by atoms with Crippen molar-refractivity contribution in [2.24, 2.45) is 17.8 Å². The first-order valence-electron chi connectivity index (χ1n) is 10.8. The molecular formula is C24H34F2. The van der Waals surface area contributed by atoms with Gasteiger partial charge in [-0.05, 0) is 99.2 Å². The Labute approximate surface area is 158 Å². The van der Waals surface area contributed by atoms with Crippen LogP contribution in [0.1, 0.15) is 89.0 Å². The second kappa shape index (κ2) is 9.67. The molecule has 1 aromatic carbocycles. The molecule has 0 N–H and O–H groups in total. The highest BCUT2D eigenvalue weighted by atomic mass is 19.2. The lowest BCUT2D eigenvalue weighted by atomic mass is 9.74. The van der Waals surface area contributed by atoms with Crippen LogP contribution in [0.4, 0.5) is 8.78 Å². The third kappa shape index (κ3) is 5.41. The van der Waals surface area contributed by atoms with Crippen LogP contribution in [-0.4, -0.2) is 0 Å². The van der Waals surface area contributed by atoms with Crippen LogP contribution >= 0.6 is 0 Å². The number of benzene rings is 1. The third-order valence-corrected chi connectivity index (χ3v) is 6.78. The predicted molar refractivity (Wildman–Crippen MR) is 105 cm³/mol. The second-order valence-corrected chi connectivity index (χ2v) is 8.59. The maximum atomic E-state index is 13.5. The molecule has 0 spiro atoms. The first-order valence-corrected chi connectivity index (χ1v) is 10.8. The molecular weight excluding hydrogens is 326 g/mol. The van der Waals surface area contributed by atoms with Crippen molar-refractivity contribution in [3.05, 3.63) is 47.5 Å². The smallest absolute Gasteiger partial charge is 0.159 e. The summed E-state index contributed by atoms with van der Waals surface area (Å²) in [5.74, 6) is 1.59. The van der Waals surface area contributed by atoms with Crippen LogP contribution in [0, 0.1) is 29.4 Å². The summed E-state index contributed by atoms with van der Waals surface area (Å²) in [6, 6.07) is 4.46. The zero-order valence-corrected chi connectivity index (χ0v) is 16.2. The van der Waals surface area contributed by atoms with E-state index in [0.29, 0.717) is 5.92 Å². The van der Waals surface area contributed by atoms with Gasteiger partial charge in [-0.2, -0.15) is 0 Å². The van der Waals surface area contributed by atoms with Crippen molar-refractivity contribution in [1.29, 1.82) is 0 Å². The van der Waals surface area contributed by atoms with E-state index in [9.17, 15) is 8.78 Å². The predicted octanol–water partition coefficient (Wildman–Crippen LogP) is 7.79. The van der Waals surface area contributed by atoms with Gasteiger partial charge in [0.05, 0.1) is 0 Å². The lowest BCUT2D eigenvalue weighted by Crippen LogP contribution is -2.17. The molecule has 0 radical (unpaired) electrons. The van der Waals surface area contributed by atoms with E-state index in [4.69, 9.17) is 0 Å². The van der Waals surface area contributed by atoms with E-state index in [1.165, 1.54) is 63.5 Å². The summed E-state index contributed by atoms with van der Waals surface area (Å²) in [6.45, 7) is 2.21. The summed E-state index contributed by atoms with van der Waals surface area (Å²) >= 11 is 0. The Bertz CT molecular complexity index is 576. The van der Waals surface area contributed by atoms with Crippen LogP contribution in [0.5, 0.6) is 0 Å². The second-order valence-electron chi connectivity index (χ2n) is 8.59. The number of hydrogen-bond acceptors (Lipinski definition) is 0. The maximum Gasteiger partial charge on any atom is 0.159 e. The lowest BCUT2D eigenvalue weighted by molar-refractivity contribution is 0.246. The molecule has 2 saturated carbocycles. The van der Waals surface area contributed by atoms with Gasteiger partial charge in [0.2, 0.25) is 0 Å². The Hall–Kier alpha value is -1.18. The zero-order chi connectivity index (χ0) is 18.4. The number of allylic oxidation sites excluding steroid dienone is 2. The number of halogens is 2. The van der Waals surface area contributed by atoms with E-state index in [1.54, 1.807) is 6.07 Å². The Morgan fingerprint density at radius 3 is 2.04 bits per heavy atom. The molecule has 2 aliphatic carbocycles. The van der Waals surface area contributed by atoms with Crippen molar-refractivity contribution >= 4 is 0 Å². The zero-order valence-electron chi connectivity index (χ0n) is 16.2. The van der Waals surface area contributed by atoms with Crippen LogP contribution < -0.4 is 0 Å². The SMILES string of the molecule is CC/C=C/[C@H]1CC[C@H](CCC2CCC(c3ccc(F)c(F)c3)CC2)CC1. The summed E-state index contributed by atoms with van der Waals surface area (Å²) in [5, 5.41) is 0. The highest BCUT2D eigenvalue weighted by molar-refractivity contribution is 5.22. The number of hydrogen-bond donors (Lipinski definition) is 0. The highest BCUT2D eigenvalue weighted by Gasteiger charge is 2.25. The van der Waals surface area contributed by atoms with E-state index in [1.807, 2.05) is 0 Å². The van der Waals surface area contributed by atoms with E-state index in [-0.39, 0.29) is 0 Å². The van der Waals surface area contributed by atoms with Gasteiger partial charge in [-0.3, -0.25) is 0 Å². The van der Waals surface area contributed by atoms with Crippen LogP contribution in [0.25, 0.3) is 0 Å². The molecule has 0 heterocycles. The van der Waals surface area contributed by atoms with Crippen molar-refractivity contribution in [3.63, 3.8) is 0 Å². The van der Waals surface area contributed by atoms with Crippen LogP contribution in [-0.2, 0) is 0 Å². The molecule has 0 bridgehead atoms. The molecule has 2 aliphatic rings. The van der Waals surface area contributed by atoms with Crippen LogP contribution in [0.15, 0.2) is 30.4 Å². The Kier molecular flexibility index (Phi) is 7.28. The highest BCUT2D eigenvalue weighted by Crippen LogP contribution is 2.40. The lowest BCUT2D eigenvalue weighted by Gasteiger charge is -2.31. The summed E-state index contributed by atoms with van der Waals surface area (Å²) < 4.78 is 26.6. The Balaban J connectivity index is 1.37. The topological polar surface area (TPSA) is 0 Å². The fourth-order valence-corrected chi connectivity index (χ4v) is 5.02. The molecule has 0 unspecified atom stereocenters. The molecule has 0 nitrogen and oxygen atoms in total. The standard InChI is InChI=1S/C24H34F2/c1-2-3-4-18-5-7-19(8-6-18)9-10-20-11-13-21(14-12-20)22-15-16-23(25)24(26)17-22/h3-4,15-21H,2,5-14H2,1H3/b4-3+/t18-,19-,20?,21?. The van der Waals surface area contributed by atoms with Gasteiger partial charge in [-0.1, -0.05) is 38.0 Å². The summed E-state index contributed by atoms with van der Waals surface area (Å²) in [4.78, 5) is 0. The van der Waals surface area contributed by atoms with Gasteiger partial charge in [-0.15, -0.1) is 0 Å². The first kappa shape index (κ1) is 19.6. The van der Waals surface area contributed by atoms with E-state index < -0.39 is 11.6 Å². The molecule has 1 aromatic rings. The molecule has 2 heteroatoms. The molecule has 3 rings (SSSR count). The third-order valence-electron chi connectivity index (χ3n) is 6.78. The first-order chi connectivity index (χ1) is 12.7. The number of rotatable bonds is 6. The fourth-order valence-electron chi connectivity index (χ4n) is 5.02. The Morgan fingerprint density at radius 2 is 1.46 bits per heavy atom. The van der Waals surface area contributed by atoms with Gasteiger partial charge in [-0.25, -0.2) is 8.78 Å². The monoisotopic (exact) mass is 360 g/mol. The van der Waals surface area contributed by atoms with Crippen LogP contribution in [0.3, 0.4) is 0 Å². The van der Waals surface area contributed by atoms with Gasteiger partial charge in [0, 0.05) is 0 Å². The van der Waals surface area contributed by atoms with Crippen molar-refractivity contribution in [2.75, 3.05) is 0 Å². The average Bonchev–Trinajstić information content (AvgIpc) is 2.68. The minimum Gasteiger partial charge on any atom is -0.204 e. The summed E-state index contributed by atoms with van der Waals surface area (Å²) in [5.41, 5.74) is 0.987. The van der Waals surface area contributed by atoms with Gasteiger partial charge in [0.1, 0.15) is 0 Å². The van der Waals surface area contributed by atoms with Crippen molar-refractivity contribution in [2.45, 2.75) is 83.5 Å². The molecule has 0 aromatic heterocycles. The summed E-state index contributed by atoms with van der Waals surface area (Å²) in [7, 11) is 0. The van der Waals surface area contributed by atoms with E-state index in [2.05, 4.69) is 19.1 Å². The molecule has 0 saturated heterocycles. The van der Waals surface area contributed by atoms with Crippen LogP contribution in [0.2, 0.25) is 0 Å². The van der Waals surface area contributed by atoms with Gasteiger partial charge >= 0.3 is 0 Å². The van der Waals surface area contributed by atoms with Gasteiger partial charge in [0.15, 0.2) is 11.6 Å². The fraction of sp³-hybridized carbons (Fsp3) is 0.667. The Morgan fingerprint density at radius 1 is 0.846 bits per heavy atom. The normalized spacial score (nSPS) is 30.0. The van der Waals surface area contributed by atoms with Gasteiger partial charge in [0.25, 0.3) is 0 Å². The molecule has 26 heavy (non-hydrogen) atoms. The molecule has 144 valence electrons. The quantitative estimate of drug-likeness (QED) is 0.454. The van der Waals surface area contributed by atoms with Crippen molar-refractivity contribution < 1.29 is 8.78 Å². The minimum atomic E-state index is -0.734. The average molecular weight is 361 g/mol. The van der Waals surface area contributed by atoms with E-state index >= 15 is 0 Å². The molecule has 0 amide bonds. The molecule has 0 aliphatic heterocycles. The largest absolute Gasteiger partial charge is 0.204 e. The van der Waals surface area contributed by atoms with Crippen molar-refractivity contribution in [1.82, 2.24) is 0 Å². The minimum absolute atomic E-state index is 0.419. The molecule has 2 fully saturated rings. The van der Waals surface area contributed by atoms with Crippen molar-refractivity contribution in [3.8, 4) is 0 Å². The molecule has 0 atom stereocenters. The maximum absolute atomic E-state index is 13.5.